The molecule has 0 aliphatic rings. The average molecular weight is 396 g/mol. The van der Waals surface area contributed by atoms with E-state index in [4.69, 9.17) is 9.47 Å². The van der Waals surface area contributed by atoms with Crippen LogP contribution < -0.4 is 14.8 Å². The van der Waals surface area contributed by atoms with Gasteiger partial charge in [-0.3, -0.25) is 4.79 Å². The van der Waals surface area contributed by atoms with E-state index < -0.39 is 0 Å². The predicted octanol–water partition coefficient (Wildman–Crippen LogP) is 6.26. The van der Waals surface area contributed by atoms with E-state index in [-0.39, 0.29) is 5.91 Å². The lowest BCUT2D eigenvalue weighted by atomic mass is 10.1. The molecule has 4 nitrogen and oxygen atoms in total. The zero-order chi connectivity index (χ0) is 20.9. The molecule has 4 heteroatoms. The van der Waals surface area contributed by atoms with Gasteiger partial charge >= 0.3 is 0 Å². The van der Waals surface area contributed by atoms with E-state index in [2.05, 4.69) is 31.3 Å². The summed E-state index contributed by atoms with van der Waals surface area (Å²) in [7, 11) is 0. The van der Waals surface area contributed by atoms with Gasteiger partial charge in [-0.25, -0.2) is 0 Å². The second kappa shape index (κ2) is 12.7. The van der Waals surface area contributed by atoms with Crippen LogP contribution in [0, 0.1) is 0 Å². The molecule has 0 fully saturated rings. The Morgan fingerprint density at radius 2 is 1.69 bits per heavy atom. The van der Waals surface area contributed by atoms with Crippen molar-refractivity contribution in [3.8, 4) is 11.5 Å². The molecule has 0 saturated heterocycles. The normalized spacial score (nSPS) is 10.9. The quantitative estimate of drug-likeness (QED) is 0.341. The van der Waals surface area contributed by atoms with Crippen LogP contribution in [0.15, 0.2) is 48.5 Å². The molecule has 0 aromatic heterocycles. The first-order valence-electron chi connectivity index (χ1n) is 10.6. The summed E-state index contributed by atoms with van der Waals surface area (Å²) in [4.78, 5) is 12.2. The molecule has 0 atom stereocenters. The van der Waals surface area contributed by atoms with Crippen molar-refractivity contribution in [1.29, 1.82) is 0 Å². The summed E-state index contributed by atoms with van der Waals surface area (Å²) >= 11 is 0. The molecular formula is C25H33NO3. The molecule has 0 unspecified atom stereocenters. The fraction of sp³-hybridized carbons (Fsp3) is 0.400. The Morgan fingerprint density at radius 3 is 2.38 bits per heavy atom. The molecule has 0 aliphatic carbocycles. The van der Waals surface area contributed by atoms with Crippen molar-refractivity contribution in [2.24, 2.45) is 0 Å². The number of amides is 1. The van der Waals surface area contributed by atoms with Crippen LogP contribution in [0.5, 0.6) is 11.5 Å². The van der Waals surface area contributed by atoms with Gasteiger partial charge in [-0.15, -0.1) is 0 Å². The van der Waals surface area contributed by atoms with E-state index in [1.54, 1.807) is 6.08 Å². The number of hydrogen-bond donors (Lipinski definition) is 1. The van der Waals surface area contributed by atoms with Crippen LogP contribution in [-0.2, 0) is 11.2 Å². The molecule has 0 saturated carbocycles. The number of ether oxygens (including phenoxy) is 2. The molecule has 1 amide bonds. The zero-order valence-corrected chi connectivity index (χ0v) is 17.9. The SMILES string of the molecule is CCCCOc1ccc(/C=C/C(=O)Nc2ccc(CCCC)cc2)cc1OCC. The minimum atomic E-state index is -0.160. The van der Waals surface area contributed by atoms with Crippen LogP contribution >= 0.6 is 0 Å². The Bertz CT molecular complexity index is 781. The molecule has 0 radical (unpaired) electrons. The van der Waals surface area contributed by atoms with Gasteiger partial charge in [0.05, 0.1) is 13.2 Å². The Hall–Kier alpha value is -2.75. The van der Waals surface area contributed by atoms with Gasteiger partial charge in [0.15, 0.2) is 11.5 Å². The molecule has 2 aromatic carbocycles. The summed E-state index contributed by atoms with van der Waals surface area (Å²) < 4.78 is 11.5. The molecule has 1 N–H and O–H groups in total. The molecule has 29 heavy (non-hydrogen) atoms. The van der Waals surface area contributed by atoms with Gasteiger partial charge in [0.2, 0.25) is 5.91 Å². The van der Waals surface area contributed by atoms with Crippen LogP contribution in [0.4, 0.5) is 5.69 Å². The van der Waals surface area contributed by atoms with Gasteiger partial charge in [0, 0.05) is 11.8 Å². The topological polar surface area (TPSA) is 47.6 Å². The highest BCUT2D eigenvalue weighted by molar-refractivity contribution is 6.01. The zero-order valence-electron chi connectivity index (χ0n) is 17.9. The van der Waals surface area contributed by atoms with Crippen LogP contribution in [0.2, 0.25) is 0 Å². The van der Waals surface area contributed by atoms with Crippen molar-refractivity contribution < 1.29 is 14.3 Å². The van der Waals surface area contributed by atoms with Crippen molar-refractivity contribution in [3.05, 3.63) is 59.7 Å². The Morgan fingerprint density at radius 1 is 0.931 bits per heavy atom. The Kier molecular flexibility index (Phi) is 9.84. The molecule has 156 valence electrons. The standard InChI is InChI=1S/C25H33NO3/c1-4-7-9-20-10-14-22(15-11-20)26-25(27)17-13-21-12-16-23(29-18-8-5-2)24(19-21)28-6-3/h10-17,19H,4-9,18H2,1-3H3,(H,26,27)/b17-13+. The largest absolute Gasteiger partial charge is 0.490 e. The van der Waals surface area contributed by atoms with Gasteiger partial charge in [0.25, 0.3) is 0 Å². The number of hydrogen-bond acceptors (Lipinski definition) is 3. The minimum absolute atomic E-state index is 0.160. The van der Waals surface area contributed by atoms with Crippen LogP contribution in [0.3, 0.4) is 0 Å². The van der Waals surface area contributed by atoms with Crippen LogP contribution in [-0.4, -0.2) is 19.1 Å². The van der Waals surface area contributed by atoms with Crippen LogP contribution in [0.25, 0.3) is 6.08 Å². The lowest BCUT2D eigenvalue weighted by Gasteiger charge is -2.12. The van der Waals surface area contributed by atoms with Gasteiger partial charge in [-0.05, 0) is 67.7 Å². The van der Waals surface area contributed by atoms with Gasteiger partial charge in [-0.1, -0.05) is 44.9 Å². The summed E-state index contributed by atoms with van der Waals surface area (Å²) in [6.07, 6.45) is 8.84. The second-order valence-electron chi connectivity index (χ2n) is 6.96. The summed E-state index contributed by atoms with van der Waals surface area (Å²) in [6.45, 7) is 7.49. The Balaban J connectivity index is 1.96. The molecule has 0 heterocycles. The van der Waals surface area contributed by atoms with E-state index in [9.17, 15) is 4.79 Å². The van der Waals surface area contributed by atoms with E-state index in [0.29, 0.717) is 19.0 Å². The summed E-state index contributed by atoms with van der Waals surface area (Å²) in [5.41, 5.74) is 2.99. The second-order valence-corrected chi connectivity index (χ2v) is 6.96. The number of benzene rings is 2. The maximum absolute atomic E-state index is 12.2. The first-order valence-corrected chi connectivity index (χ1v) is 10.6. The lowest BCUT2D eigenvalue weighted by Crippen LogP contribution is -2.07. The molecule has 2 rings (SSSR count). The number of carbonyl (C=O) groups is 1. The third kappa shape index (κ3) is 8.02. The summed E-state index contributed by atoms with van der Waals surface area (Å²) in [6, 6.07) is 13.8. The third-order valence-corrected chi connectivity index (χ3v) is 4.49. The number of carbonyl (C=O) groups excluding carboxylic acids is 1. The highest BCUT2D eigenvalue weighted by atomic mass is 16.5. The third-order valence-electron chi connectivity index (χ3n) is 4.49. The number of aryl methyl sites for hydroxylation is 1. The van der Waals surface area contributed by atoms with Gasteiger partial charge in [-0.2, -0.15) is 0 Å². The smallest absolute Gasteiger partial charge is 0.248 e. The van der Waals surface area contributed by atoms with Crippen molar-refractivity contribution in [2.75, 3.05) is 18.5 Å². The van der Waals surface area contributed by atoms with Crippen LogP contribution in [0.1, 0.15) is 57.6 Å². The number of anilines is 1. The number of nitrogens with one attached hydrogen (secondary N) is 1. The lowest BCUT2D eigenvalue weighted by molar-refractivity contribution is -0.111. The maximum atomic E-state index is 12.2. The van der Waals surface area contributed by atoms with Gasteiger partial charge in [0.1, 0.15) is 0 Å². The van der Waals surface area contributed by atoms with Crippen molar-refractivity contribution in [1.82, 2.24) is 0 Å². The molecule has 0 spiro atoms. The highest BCUT2D eigenvalue weighted by Gasteiger charge is 2.06. The predicted molar refractivity (Wildman–Crippen MR) is 121 cm³/mol. The molecular weight excluding hydrogens is 362 g/mol. The summed E-state index contributed by atoms with van der Waals surface area (Å²) in [5, 5.41) is 2.90. The summed E-state index contributed by atoms with van der Waals surface area (Å²) in [5.74, 6) is 1.28. The Labute approximate surface area is 174 Å². The van der Waals surface area contributed by atoms with Gasteiger partial charge < -0.3 is 14.8 Å². The van der Waals surface area contributed by atoms with Crippen molar-refractivity contribution >= 4 is 17.7 Å². The maximum Gasteiger partial charge on any atom is 0.248 e. The first-order chi connectivity index (χ1) is 14.2. The van der Waals surface area contributed by atoms with Crippen molar-refractivity contribution in [3.63, 3.8) is 0 Å². The highest BCUT2D eigenvalue weighted by Crippen LogP contribution is 2.29. The monoisotopic (exact) mass is 395 g/mol. The van der Waals surface area contributed by atoms with Crippen molar-refractivity contribution in [2.45, 2.75) is 52.9 Å². The molecule has 2 aromatic rings. The van der Waals surface area contributed by atoms with E-state index in [0.717, 1.165) is 36.3 Å². The van der Waals surface area contributed by atoms with E-state index in [1.165, 1.54) is 24.5 Å². The molecule has 0 aliphatic heterocycles. The van der Waals surface area contributed by atoms with E-state index in [1.807, 2.05) is 37.3 Å². The first kappa shape index (κ1) is 22.5. The number of rotatable bonds is 12. The molecule has 0 bridgehead atoms. The fourth-order valence-electron chi connectivity index (χ4n) is 2.83. The average Bonchev–Trinajstić information content (AvgIpc) is 2.73. The van der Waals surface area contributed by atoms with E-state index >= 15 is 0 Å². The minimum Gasteiger partial charge on any atom is -0.490 e. The fourth-order valence-corrected chi connectivity index (χ4v) is 2.83. The number of unbranched alkanes of at least 4 members (excludes halogenated alkanes) is 2.